The molecule has 2 heterocycles. The van der Waals surface area contributed by atoms with Crippen LogP contribution in [0.1, 0.15) is 5.56 Å². The van der Waals surface area contributed by atoms with Crippen molar-refractivity contribution in [2.45, 2.75) is 0 Å². The van der Waals surface area contributed by atoms with Crippen molar-refractivity contribution in [3.63, 3.8) is 0 Å². The van der Waals surface area contributed by atoms with Crippen LogP contribution in [0, 0.1) is 0 Å². The third-order valence-corrected chi connectivity index (χ3v) is 3.77. The fraction of sp³-hybridized carbons (Fsp3) is 0.0625. The van der Waals surface area contributed by atoms with E-state index >= 15 is 0 Å². The average molecular weight is 311 g/mol. The first-order chi connectivity index (χ1) is 10.7. The molecule has 0 spiro atoms. The fourth-order valence-electron chi connectivity index (χ4n) is 1.93. The monoisotopic (exact) mass is 311 g/mol. The quantitative estimate of drug-likeness (QED) is 0.940. The van der Waals surface area contributed by atoms with Crippen LogP contribution in [0.4, 0.5) is 10.5 Å². The number of aromatic nitrogens is 1. The number of methoxy groups -OCH3 is 1. The standard InChI is InChI=1S/C16H13N3O2S/c1-21-13-4-2-3-12(10-13)18-15-14(22-16(20)19-15)9-11-5-7-17-8-6-11/h2-10H,1H3,(H,18,19,20). The van der Waals surface area contributed by atoms with Crippen LogP contribution in [-0.2, 0) is 0 Å². The molecule has 0 bridgehead atoms. The summed E-state index contributed by atoms with van der Waals surface area (Å²) in [6.45, 7) is 0. The number of aliphatic imine (C=N–C) groups is 1. The molecule has 6 heteroatoms. The second kappa shape index (κ2) is 6.44. The molecule has 1 aromatic heterocycles. The minimum atomic E-state index is -0.137. The molecule has 1 aliphatic rings. The molecule has 110 valence electrons. The molecule has 1 saturated heterocycles. The Morgan fingerprint density at radius 1 is 1.27 bits per heavy atom. The highest BCUT2D eigenvalue weighted by molar-refractivity contribution is 8.18. The van der Waals surface area contributed by atoms with Crippen molar-refractivity contribution in [1.82, 2.24) is 10.3 Å². The third-order valence-electron chi connectivity index (χ3n) is 2.95. The molecule has 0 aliphatic carbocycles. The van der Waals surface area contributed by atoms with E-state index in [-0.39, 0.29) is 5.24 Å². The van der Waals surface area contributed by atoms with E-state index in [2.05, 4.69) is 15.3 Å². The van der Waals surface area contributed by atoms with Gasteiger partial charge in [-0.15, -0.1) is 0 Å². The molecule has 22 heavy (non-hydrogen) atoms. The molecule has 1 aromatic carbocycles. The van der Waals surface area contributed by atoms with Gasteiger partial charge in [0.25, 0.3) is 5.24 Å². The number of amides is 1. The summed E-state index contributed by atoms with van der Waals surface area (Å²) in [6, 6.07) is 11.1. The first-order valence-electron chi connectivity index (χ1n) is 6.58. The van der Waals surface area contributed by atoms with Crippen molar-refractivity contribution in [1.29, 1.82) is 0 Å². The van der Waals surface area contributed by atoms with Crippen molar-refractivity contribution in [3.05, 3.63) is 59.3 Å². The summed E-state index contributed by atoms with van der Waals surface area (Å²) in [5, 5.41) is 2.62. The first-order valence-corrected chi connectivity index (χ1v) is 7.40. The number of nitrogens with one attached hydrogen (secondary N) is 1. The van der Waals surface area contributed by atoms with E-state index in [0.717, 1.165) is 33.7 Å². The fourth-order valence-corrected chi connectivity index (χ4v) is 2.67. The number of hydrogen-bond donors (Lipinski definition) is 1. The smallest absolute Gasteiger partial charge is 0.289 e. The second-order valence-electron chi connectivity index (χ2n) is 4.47. The number of carbonyl (C=O) groups is 1. The number of hydrogen-bond acceptors (Lipinski definition) is 5. The lowest BCUT2D eigenvalue weighted by molar-refractivity contribution is 0.265. The highest BCUT2D eigenvalue weighted by Gasteiger charge is 2.23. The lowest BCUT2D eigenvalue weighted by Gasteiger charge is -2.02. The zero-order valence-corrected chi connectivity index (χ0v) is 12.6. The number of benzene rings is 1. The number of ether oxygens (including phenoxy) is 1. The SMILES string of the molecule is COc1cccc(N=C2NC(=O)SC2=Cc2ccncc2)c1. The maximum Gasteiger partial charge on any atom is 0.289 e. The van der Waals surface area contributed by atoms with Gasteiger partial charge >= 0.3 is 0 Å². The predicted octanol–water partition coefficient (Wildman–Crippen LogP) is 3.62. The van der Waals surface area contributed by atoms with Gasteiger partial charge < -0.3 is 10.1 Å². The normalized spacial score (nSPS) is 17.8. The van der Waals surface area contributed by atoms with Crippen LogP contribution in [0.3, 0.4) is 0 Å². The van der Waals surface area contributed by atoms with E-state index in [4.69, 9.17) is 4.74 Å². The van der Waals surface area contributed by atoms with Crippen LogP contribution in [0.5, 0.6) is 5.75 Å². The van der Waals surface area contributed by atoms with Crippen LogP contribution >= 0.6 is 11.8 Å². The molecule has 0 atom stereocenters. The summed E-state index contributed by atoms with van der Waals surface area (Å²) in [4.78, 5) is 20.9. The summed E-state index contributed by atoms with van der Waals surface area (Å²) in [6.07, 6.45) is 5.32. The van der Waals surface area contributed by atoms with Gasteiger partial charge in [0.2, 0.25) is 0 Å². The molecular weight excluding hydrogens is 298 g/mol. The lowest BCUT2D eigenvalue weighted by Crippen LogP contribution is -2.18. The predicted molar refractivity (Wildman–Crippen MR) is 88.4 cm³/mol. The van der Waals surface area contributed by atoms with E-state index in [1.54, 1.807) is 19.5 Å². The minimum Gasteiger partial charge on any atom is -0.497 e. The van der Waals surface area contributed by atoms with E-state index in [1.807, 2.05) is 42.5 Å². The summed E-state index contributed by atoms with van der Waals surface area (Å²) < 4.78 is 5.18. The Balaban J connectivity index is 1.95. The van der Waals surface area contributed by atoms with Crippen LogP contribution in [0.25, 0.3) is 6.08 Å². The molecule has 2 aromatic rings. The number of thioether (sulfide) groups is 1. The molecule has 0 saturated carbocycles. The van der Waals surface area contributed by atoms with Gasteiger partial charge in [0, 0.05) is 18.5 Å². The largest absolute Gasteiger partial charge is 0.497 e. The molecule has 1 amide bonds. The number of amidine groups is 1. The molecule has 1 fully saturated rings. The number of carbonyl (C=O) groups excluding carboxylic acids is 1. The highest BCUT2D eigenvalue weighted by atomic mass is 32.2. The van der Waals surface area contributed by atoms with Gasteiger partial charge in [-0.25, -0.2) is 4.99 Å². The molecule has 5 nitrogen and oxygen atoms in total. The van der Waals surface area contributed by atoms with Gasteiger partial charge in [-0.05, 0) is 47.7 Å². The van der Waals surface area contributed by atoms with Crippen molar-refractivity contribution in [2.75, 3.05) is 7.11 Å². The van der Waals surface area contributed by atoms with Gasteiger partial charge in [-0.3, -0.25) is 9.78 Å². The first kappa shape index (κ1) is 14.3. The minimum absolute atomic E-state index is 0.137. The summed E-state index contributed by atoms with van der Waals surface area (Å²) in [5.41, 5.74) is 1.69. The summed E-state index contributed by atoms with van der Waals surface area (Å²) >= 11 is 1.13. The molecule has 1 aliphatic heterocycles. The van der Waals surface area contributed by atoms with Crippen molar-refractivity contribution in [2.24, 2.45) is 4.99 Å². The molecule has 3 rings (SSSR count). The molecule has 0 unspecified atom stereocenters. The maximum atomic E-state index is 11.7. The second-order valence-corrected chi connectivity index (χ2v) is 5.48. The number of rotatable bonds is 3. The highest BCUT2D eigenvalue weighted by Crippen LogP contribution is 2.29. The van der Waals surface area contributed by atoms with Crippen LogP contribution in [0.15, 0.2) is 58.7 Å². The van der Waals surface area contributed by atoms with Gasteiger partial charge in [0.1, 0.15) is 11.6 Å². The van der Waals surface area contributed by atoms with Gasteiger partial charge in [-0.1, -0.05) is 6.07 Å². The van der Waals surface area contributed by atoms with Crippen molar-refractivity contribution in [3.8, 4) is 5.75 Å². The Kier molecular flexibility index (Phi) is 4.20. The van der Waals surface area contributed by atoms with Crippen LogP contribution in [-0.4, -0.2) is 23.2 Å². The average Bonchev–Trinajstić information content (AvgIpc) is 2.88. The Hall–Kier alpha value is -2.60. The van der Waals surface area contributed by atoms with Crippen molar-refractivity contribution >= 4 is 34.6 Å². The molecule has 0 radical (unpaired) electrons. The number of nitrogens with zero attached hydrogens (tertiary/aromatic N) is 2. The Bertz CT molecular complexity index is 757. The van der Waals surface area contributed by atoms with Gasteiger partial charge in [-0.2, -0.15) is 0 Å². The summed E-state index contributed by atoms with van der Waals surface area (Å²) in [5.74, 6) is 1.26. The zero-order chi connectivity index (χ0) is 15.4. The Morgan fingerprint density at radius 3 is 2.86 bits per heavy atom. The van der Waals surface area contributed by atoms with Gasteiger partial charge in [0.15, 0.2) is 0 Å². The zero-order valence-electron chi connectivity index (χ0n) is 11.8. The molecular formula is C16H13N3O2S. The van der Waals surface area contributed by atoms with E-state index in [9.17, 15) is 4.79 Å². The number of pyridine rings is 1. The van der Waals surface area contributed by atoms with E-state index < -0.39 is 0 Å². The van der Waals surface area contributed by atoms with Crippen LogP contribution < -0.4 is 10.1 Å². The Labute approximate surface area is 132 Å². The lowest BCUT2D eigenvalue weighted by atomic mass is 10.2. The van der Waals surface area contributed by atoms with Crippen molar-refractivity contribution < 1.29 is 9.53 Å². The van der Waals surface area contributed by atoms with Crippen LogP contribution in [0.2, 0.25) is 0 Å². The summed E-state index contributed by atoms with van der Waals surface area (Å²) in [7, 11) is 1.61. The maximum absolute atomic E-state index is 11.7. The topological polar surface area (TPSA) is 63.6 Å². The van der Waals surface area contributed by atoms with E-state index in [1.165, 1.54) is 0 Å². The molecule has 1 N–H and O–H groups in total. The van der Waals surface area contributed by atoms with Gasteiger partial charge in [0.05, 0.1) is 17.7 Å². The Morgan fingerprint density at radius 2 is 2.09 bits per heavy atom. The third kappa shape index (κ3) is 3.35. The van der Waals surface area contributed by atoms with E-state index in [0.29, 0.717) is 5.84 Å².